The molecule has 5 N–H and O–H groups in total. The molecule has 4 amide bonds. The maximum atomic E-state index is 14.3. The average Bonchev–Trinajstić information content (AvgIpc) is 3.50. The molecule has 6 unspecified atom stereocenters. The number of allylic oxidation sites excluding steroid dienone is 2. The van der Waals surface area contributed by atoms with Crippen LogP contribution in [0.2, 0.25) is 0 Å². The number of hydrogen-bond donors (Lipinski definition) is 5. The van der Waals surface area contributed by atoms with Gasteiger partial charge in [0, 0.05) is 5.92 Å². The van der Waals surface area contributed by atoms with Crippen molar-refractivity contribution >= 4 is 60.2 Å². The fourth-order valence-corrected chi connectivity index (χ4v) is 8.06. The minimum absolute atomic E-state index is 0.0974. The molecule has 2 aliphatic carbocycles. The Hall–Kier alpha value is -4.59. The van der Waals surface area contributed by atoms with Crippen LogP contribution in [0, 0.1) is 29.6 Å². The van der Waals surface area contributed by atoms with Gasteiger partial charge < -0.3 is 29.9 Å². The van der Waals surface area contributed by atoms with Crippen LogP contribution in [0.1, 0.15) is 24.3 Å². The Balaban J connectivity index is 1.30. The molecular formula is C34H32B2N2O10. The molecule has 14 heteroatoms. The molecule has 244 valence electrons. The normalized spacial score (nSPS) is 26.2. The minimum atomic E-state index is -1.81. The topological polar surface area (TPSA) is 185 Å². The molecule has 6 atom stereocenters. The smallest absolute Gasteiger partial charge is 0.488 e. The number of nitrogens with zero attached hydrogens (tertiary/aromatic N) is 2. The van der Waals surface area contributed by atoms with Crippen LogP contribution < -0.4 is 25.5 Å². The summed E-state index contributed by atoms with van der Waals surface area (Å²) >= 11 is 0. The van der Waals surface area contributed by atoms with Gasteiger partial charge in [0.15, 0.2) is 0 Å². The quantitative estimate of drug-likeness (QED) is 0.121. The molecule has 0 bridgehead atoms. The van der Waals surface area contributed by atoms with Gasteiger partial charge in [0.2, 0.25) is 23.6 Å². The third-order valence-electron chi connectivity index (χ3n) is 10.1. The van der Waals surface area contributed by atoms with E-state index >= 15 is 0 Å². The van der Waals surface area contributed by atoms with Crippen LogP contribution >= 0.6 is 0 Å². The highest BCUT2D eigenvalue weighted by Gasteiger charge is 2.62. The number of carbonyl (C=O) groups excluding carboxylic acids is 4. The number of carbonyl (C=O) groups is 4. The first-order valence-electron chi connectivity index (χ1n) is 15.8. The second-order valence-electron chi connectivity index (χ2n) is 12.6. The summed E-state index contributed by atoms with van der Waals surface area (Å²) in [7, 11) is -3.60. The summed E-state index contributed by atoms with van der Waals surface area (Å²) < 4.78 is 5.54. The van der Waals surface area contributed by atoms with Gasteiger partial charge in [0.05, 0.1) is 41.7 Å². The van der Waals surface area contributed by atoms with E-state index in [-0.39, 0.29) is 48.4 Å². The Kier molecular flexibility index (Phi) is 8.30. The molecule has 0 spiro atoms. The van der Waals surface area contributed by atoms with Crippen molar-refractivity contribution in [2.24, 2.45) is 29.6 Å². The predicted molar refractivity (Wildman–Crippen MR) is 174 cm³/mol. The number of rotatable bonds is 8. The molecule has 48 heavy (non-hydrogen) atoms. The van der Waals surface area contributed by atoms with Crippen molar-refractivity contribution in [1.29, 1.82) is 0 Å². The average molecular weight is 650 g/mol. The molecule has 1 saturated carbocycles. The lowest BCUT2D eigenvalue weighted by Crippen LogP contribution is -2.43. The highest BCUT2D eigenvalue weighted by atomic mass is 16.5. The molecule has 2 heterocycles. The summed E-state index contributed by atoms with van der Waals surface area (Å²) in [5, 5.41) is 48.1. The molecule has 0 aromatic heterocycles. The van der Waals surface area contributed by atoms with Crippen LogP contribution in [0.25, 0.3) is 0 Å². The first-order chi connectivity index (χ1) is 23.1. The summed E-state index contributed by atoms with van der Waals surface area (Å²) in [4.78, 5) is 58.7. The lowest BCUT2D eigenvalue weighted by Gasteiger charge is -2.44. The summed E-state index contributed by atoms with van der Waals surface area (Å²) in [6.07, 6.45) is 2.32. The van der Waals surface area contributed by atoms with Gasteiger partial charge >= 0.3 is 14.2 Å². The van der Waals surface area contributed by atoms with E-state index in [9.17, 15) is 44.4 Å². The molecule has 3 aromatic rings. The zero-order valence-electron chi connectivity index (χ0n) is 25.6. The molecule has 12 nitrogen and oxygen atoms in total. The molecule has 0 radical (unpaired) electrons. The van der Waals surface area contributed by atoms with Crippen molar-refractivity contribution in [2.45, 2.75) is 18.8 Å². The zero-order valence-corrected chi connectivity index (χ0v) is 25.6. The van der Waals surface area contributed by atoms with Gasteiger partial charge in [-0.25, -0.2) is 0 Å². The van der Waals surface area contributed by atoms with E-state index < -0.39 is 73.4 Å². The lowest BCUT2D eigenvalue weighted by atomic mass is 9.57. The van der Waals surface area contributed by atoms with E-state index in [0.717, 1.165) is 20.9 Å². The van der Waals surface area contributed by atoms with Crippen molar-refractivity contribution in [3.8, 4) is 5.75 Å². The Bertz CT molecular complexity index is 1830. The first kappa shape index (κ1) is 32.0. The number of imide groups is 2. The monoisotopic (exact) mass is 650 g/mol. The second-order valence-corrected chi connectivity index (χ2v) is 12.6. The SMILES string of the molecule is O=C1C2CC=C3C(CC4C(=O)N(c5cccc(B(O)O)c5)C(=O)C4C3c3ccc(OCCO)cc3)C2C(=O)N1c1cccc(B(O)O)c1. The number of ether oxygens (including phenoxy) is 1. The van der Waals surface area contributed by atoms with Gasteiger partial charge in [-0.05, 0) is 71.6 Å². The van der Waals surface area contributed by atoms with Gasteiger partial charge in [-0.3, -0.25) is 29.0 Å². The number of hydrogen-bond acceptors (Lipinski definition) is 10. The summed E-state index contributed by atoms with van der Waals surface area (Å²) in [6.45, 7) is -0.0685. The Labute approximate surface area is 276 Å². The number of benzene rings is 3. The lowest BCUT2D eigenvalue weighted by molar-refractivity contribution is -0.126. The number of fused-ring (bicyclic) bond motifs is 4. The van der Waals surface area contributed by atoms with Crippen molar-refractivity contribution in [3.63, 3.8) is 0 Å². The third kappa shape index (κ3) is 5.17. The first-order valence-corrected chi connectivity index (χ1v) is 15.8. The van der Waals surface area contributed by atoms with Crippen molar-refractivity contribution in [2.75, 3.05) is 23.0 Å². The highest BCUT2D eigenvalue weighted by Crippen LogP contribution is 2.58. The van der Waals surface area contributed by atoms with Gasteiger partial charge in [0.25, 0.3) is 0 Å². The summed E-state index contributed by atoms with van der Waals surface area (Å²) in [5.74, 6) is -5.60. The van der Waals surface area contributed by atoms with Crippen molar-refractivity contribution < 1.29 is 49.1 Å². The van der Waals surface area contributed by atoms with Crippen LogP contribution in [-0.4, -0.2) is 76.3 Å². The predicted octanol–water partition coefficient (Wildman–Crippen LogP) is -0.537. The number of amides is 4. The van der Waals surface area contributed by atoms with Crippen molar-refractivity contribution in [1.82, 2.24) is 0 Å². The van der Waals surface area contributed by atoms with Gasteiger partial charge in [-0.15, -0.1) is 0 Å². The maximum Gasteiger partial charge on any atom is 0.488 e. The molecule has 2 saturated heterocycles. The third-order valence-corrected chi connectivity index (χ3v) is 10.1. The standard InChI is InChI=1S/C34H32B2N2O10/c39-13-14-48-23-9-7-18(8-10-23)28-24-11-12-25-29(33(42)37(31(25)40)21-5-1-3-19(15-21)35(44)45)26(24)17-27-30(28)34(43)38(32(27)41)22-6-2-4-20(16-22)36(46)47/h1-11,15-16,25-30,39,44-47H,12-14,17H2. The van der Waals surface area contributed by atoms with E-state index in [1.165, 1.54) is 36.4 Å². The highest BCUT2D eigenvalue weighted by molar-refractivity contribution is 6.59. The molecule has 3 aromatic carbocycles. The van der Waals surface area contributed by atoms with Crippen LogP contribution in [-0.2, 0) is 19.2 Å². The molecule has 4 aliphatic rings. The van der Waals surface area contributed by atoms with Crippen LogP contribution in [0.15, 0.2) is 84.4 Å². The van der Waals surface area contributed by atoms with E-state index in [1.54, 1.807) is 36.4 Å². The number of aliphatic hydroxyl groups is 1. The van der Waals surface area contributed by atoms with Crippen LogP contribution in [0.3, 0.4) is 0 Å². The molecular weight excluding hydrogens is 618 g/mol. The van der Waals surface area contributed by atoms with E-state index in [2.05, 4.69) is 0 Å². The minimum Gasteiger partial charge on any atom is -0.491 e. The van der Waals surface area contributed by atoms with E-state index in [4.69, 9.17) is 4.74 Å². The van der Waals surface area contributed by atoms with Crippen LogP contribution in [0.4, 0.5) is 11.4 Å². The van der Waals surface area contributed by atoms with Gasteiger partial charge in [-0.2, -0.15) is 0 Å². The second kappa shape index (κ2) is 12.5. The Morgan fingerprint density at radius 1 is 0.688 bits per heavy atom. The zero-order chi connectivity index (χ0) is 33.9. The fraction of sp³-hybridized carbons (Fsp3) is 0.294. The summed E-state index contributed by atoms with van der Waals surface area (Å²) in [5.41, 5.74) is 2.19. The van der Waals surface area contributed by atoms with Crippen LogP contribution in [0.5, 0.6) is 5.75 Å². The van der Waals surface area contributed by atoms with E-state index in [1.807, 2.05) is 6.08 Å². The van der Waals surface area contributed by atoms with E-state index in [0.29, 0.717) is 5.75 Å². The summed E-state index contributed by atoms with van der Waals surface area (Å²) in [6, 6.07) is 18.9. The molecule has 3 fully saturated rings. The number of anilines is 2. The van der Waals surface area contributed by atoms with Gasteiger partial charge in [-0.1, -0.05) is 48.0 Å². The maximum absolute atomic E-state index is 14.3. The molecule has 2 aliphatic heterocycles. The van der Waals surface area contributed by atoms with Crippen molar-refractivity contribution in [3.05, 3.63) is 90.0 Å². The molecule has 7 rings (SSSR count). The Morgan fingerprint density at radius 3 is 1.81 bits per heavy atom. The Morgan fingerprint density at radius 2 is 1.25 bits per heavy atom. The van der Waals surface area contributed by atoms with Gasteiger partial charge in [0.1, 0.15) is 12.4 Å². The number of aliphatic hydroxyl groups excluding tert-OH is 1. The fourth-order valence-electron chi connectivity index (χ4n) is 8.06. The largest absolute Gasteiger partial charge is 0.491 e.